The third kappa shape index (κ3) is 4.45. The van der Waals surface area contributed by atoms with Crippen molar-refractivity contribution in [1.82, 2.24) is 4.90 Å². The molecule has 0 atom stereocenters. The van der Waals surface area contributed by atoms with Gasteiger partial charge in [-0.15, -0.1) is 0 Å². The van der Waals surface area contributed by atoms with Gasteiger partial charge in [-0.25, -0.2) is 0 Å². The van der Waals surface area contributed by atoms with Gasteiger partial charge in [0.1, 0.15) is 11.4 Å². The maximum Gasteiger partial charge on any atom is 0.277 e. The van der Waals surface area contributed by atoms with Crippen LogP contribution >= 0.6 is 0 Å². The summed E-state index contributed by atoms with van der Waals surface area (Å²) in [6.07, 6.45) is 0.902. The number of hydrogen-bond donors (Lipinski definition) is 2. The van der Waals surface area contributed by atoms with Gasteiger partial charge in [-0.2, -0.15) is 0 Å². The molecule has 0 bridgehead atoms. The Morgan fingerprint density at radius 3 is 2.17 bits per heavy atom. The third-order valence-electron chi connectivity index (χ3n) is 4.38. The van der Waals surface area contributed by atoms with Crippen molar-refractivity contribution in [3.8, 4) is 5.75 Å². The van der Waals surface area contributed by atoms with Crippen molar-refractivity contribution in [3.05, 3.63) is 59.8 Å². The minimum Gasteiger partial charge on any atom is -0.494 e. The molecule has 7 nitrogen and oxygen atoms in total. The molecule has 1 heterocycles. The Balaban J connectivity index is 1.90. The molecule has 29 heavy (non-hydrogen) atoms. The summed E-state index contributed by atoms with van der Waals surface area (Å²) in [5, 5.41) is 5.74. The monoisotopic (exact) mass is 393 g/mol. The van der Waals surface area contributed by atoms with Crippen LogP contribution in [-0.4, -0.2) is 36.3 Å². The summed E-state index contributed by atoms with van der Waals surface area (Å²) in [4.78, 5) is 37.5. The van der Waals surface area contributed by atoms with Crippen LogP contribution in [0.25, 0.3) is 5.57 Å². The van der Waals surface area contributed by atoms with Gasteiger partial charge in [-0.1, -0.05) is 19.1 Å². The van der Waals surface area contributed by atoms with E-state index in [9.17, 15) is 14.4 Å². The van der Waals surface area contributed by atoms with Gasteiger partial charge in [-0.3, -0.25) is 19.3 Å². The Labute approximate surface area is 169 Å². The van der Waals surface area contributed by atoms with Gasteiger partial charge >= 0.3 is 0 Å². The number of hydrogen-bond acceptors (Lipinski definition) is 5. The summed E-state index contributed by atoms with van der Waals surface area (Å²) < 4.78 is 5.58. The molecule has 7 heteroatoms. The first-order chi connectivity index (χ1) is 13.9. The zero-order valence-corrected chi connectivity index (χ0v) is 16.6. The van der Waals surface area contributed by atoms with E-state index in [4.69, 9.17) is 4.74 Å². The quantitative estimate of drug-likeness (QED) is 0.705. The highest BCUT2D eigenvalue weighted by atomic mass is 16.5. The number of nitrogens with zero attached hydrogens (tertiary/aromatic N) is 1. The molecule has 0 aliphatic carbocycles. The number of amides is 3. The molecule has 0 unspecified atom stereocenters. The predicted octanol–water partition coefficient (Wildman–Crippen LogP) is 3.26. The predicted molar refractivity (Wildman–Crippen MR) is 111 cm³/mol. The Morgan fingerprint density at radius 2 is 1.59 bits per heavy atom. The highest BCUT2D eigenvalue weighted by Gasteiger charge is 2.36. The fourth-order valence-electron chi connectivity index (χ4n) is 2.95. The van der Waals surface area contributed by atoms with Crippen LogP contribution in [0.5, 0.6) is 5.75 Å². The smallest absolute Gasteiger partial charge is 0.277 e. The molecule has 2 aromatic carbocycles. The van der Waals surface area contributed by atoms with E-state index in [1.165, 1.54) is 14.0 Å². The van der Waals surface area contributed by atoms with Crippen molar-refractivity contribution >= 4 is 34.7 Å². The average Bonchev–Trinajstić information content (AvgIpc) is 2.92. The Morgan fingerprint density at radius 1 is 0.966 bits per heavy atom. The number of benzene rings is 2. The summed E-state index contributed by atoms with van der Waals surface area (Å²) in [6.45, 7) is 4.07. The molecule has 0 saturated heterocycles. The molecule has 0 fully saturated rings. The summed E-state index contributed by atoms with van der Waals surface area (Å²) in [7, 11) is 1.46. The van der Waals surface area contributed by atoms with Gasteiger partial charge < -0.3 is 15.4 Å². The fraction of sp³-hybridized carbons (Fsp3) is 0.227. The van der Waals surface area contributed by atoms with E-state index in [0.717, 1.165) is 11.3 Å². The molecule has 3 amide bonds. The summed E-state index contributed by atoms with van der Waals surface area (Å²) in [5.74, 6) is -0.221. The van der Waals surface area contributed by atoms with Crippen LogP contribution in [0.1, 0.15) is 25.8 Å². The van der Waals surface area contributed by atoms with Gasteiger partial charge in [0.05, 0.1) is 12.2 Å². The van der Waals surface area contributed by atoms with Crippen LogP contribution in [0.15, 0.2) is 54.2 Å². The van der Waals surface area contributed by atoms with Gasteiger partial charge in [0, 0.05) is 25.3 Å². The third-order valence-corrected chi connectivity index (χ3v) is 4.38. The largest absolute Gasteiger partial charge is 0.494 e. The Bertz CT molecular complexity index is 963. The van der Waals surface area contributed by atoms with Crippen LogP contribution in [0.3, 0.4) is 0 Å². The highest BCUT2D eigenvalue weighted by Crippen LogP contribution is 2.30. The normalized spacial score (nSPS) is 13.7. The molecule has 0 aromatic heterocycles. The maximum atomic E-state index is 12.7. The van der Waals surface area contributed by atoms with E-state index in [2.05, 4.69) is 10.6 Å². The van der Waals surface area contributed by atoms with Gasteiger partial charge in [0.25, 0.3) is 11.8 Å². The molecular formula is C22H23N3O4. The minimum atomic E-state index is -0.401. The number of likely N-dealkylation sites (N-methyl/N-ethyl adjacent to an activating group) is 1. The molecule has 2 aromatic rings. The highest BCUT2D eigenvalue weighted by molar-refractivity contribution is 6.36. The van der Waals surface area contributed by atoms with Crippen LogP contribution in [0.4, 0.5) is 11.4 Å². The average molecular weight is 393 g/mol. The van der Waals surface area contributed by atoms with Gasteiger partial charge in [-0.05, 0) is 48.4 Å². The van der Waals surface area contributed by atoms with E-state index in [0.29, 0.717) is 34.9 Å². The maximum absolute atomic E-state index is 12.7. The van der Waals surface area contributed by atoms with Crippen molar-refractivity contribution in [1.29, 1.82) is 0 Å². The summed E-state index contributed by atoms with van der Waals surface area (Å²) in [5.41, 5.74) is 2.43. The van der Waals surface area contributed by atoms with Gasteiger partial charge in [0.15, 0.2) is 0 Å². The van der Waals surface area contributed by atoms with Crippen molar-refractivity contribution in [2.75, 3.05) is 24.3 Å². The summed E-state index contributed by atoms with van der Waals surface area (Å²) >= 11 is 0. The number of anilines is 2. The molecule has 150 valence electrons. The standard InChI is InChI=1S/C22H23N3O4/c1-4-13-29-18-11-5-15(6-12-18)19-20(22(28)25(3)21(19)27)24-17-9-7-16(8-10-17)23-14(2)26/h5-12,24H,4,13H2,1-3H3,(H,23,26). The van der Waals surface area contributed by atoms with E-state index in [-0.39, 0.29) is 17.5 Å². The topological polar surface area (TPSA) is 87.7 Å². The first-order valence-electron chi connectivity index (χ1n) is 9.35. The number of rotatable bonds is 7. The lowest BCUT2D eigenvalue weighted by molar-refractivity contribution is -0.135. The summed E-state index contributed by atoms with van der Waals surface area (Å²) in [6, 6.07) is 14.0. The molecular weight excluding hydrogens is 370 g/mol. The Hall–Kier alpha value is -3.61. The number of carbonyl (C=O) groups is 3. The lowest BCUT2D eigenvalue weighted by Crippen LogP contribution is -2.27. The lowest BCUT2D eigenvalue weighted by atomic mass is 10.0. The van der Waals surface area contributed by atoms with Crippen molar-refractivity contribution in [3.63, 3.8) is 0 Å². The molecule has 1 aliphatic heterocycles. The molecule has 0 spiro atoms. The number of carbonyl (C=O) groups excluding carboxylic acids is 3. The second-order valence-electron chi connectivity index (χ2n) is 6.68. The second kappa shape index (κ2) is 8.60. The first kappa shape index (κ1) is 20.1. The number of imide groups is 1. The van der Waals surface area contributed by atoms with Crippen LogP contribution in [0.2, 0.25) is 0 Å². The van der Waals surface area contributed by atoms with E-state index in [1.54, 1.807) is 48.5 Å². The van der Waals surface area contributed by atoms with Crippen molar-refractivity contribution < 1.29 is 19.1 Å². The van der Waals surface area contributed by atoms with Gasteiger partial charge in [0.2, 0.25) is 5.91 Å². The number of nitrogens with one attached hydrogen (secondary N) is 2. The zero-order chi connectivity index (χ0) is 21.0. The van der Waals surface area contributed by atoms with Crippen molar-refractivity contribution in [2.45, 2.75) is 20.3 Å². The van der Waals surface area contributed by atoms with Crippen molar-refractivity contribution in [2.24, 2.45) is 0 Å². The molecule has 0 radical (unpaired) electrons. The van der Waals surface area contributed by atoms with E-state index in [1.807, 2.05) is 6.92 Å². The molecule has 2 N–H and O–H groups in total. The van der Waals surface area contributed by atoms with Crippen LogP contribution in [0, 0.1) is 0 Å². The molecule has 0 saturated carbocycles. The number of ether oxygens (including phenoxy) is 1. The molecule has 1 aliphatic rings. The van der Waals surface area contributed by atoms with E-state index < -0.39 is 5.91 Å². The first-order valence-corrected chi connectivity index (χ1v) is 9.35. The lowest BCUT2D eigenvalue weighted by Gasteiger charge is -2.10. The Kier molecular flexibility index (Phi) is 5.97. The van der Waals surface area contributed by atoms with Crippen LogP contribution < -0.4 is 15.4 Å². The van der Waals surface area contributed by atoms with E-state index >= 15 is 0 Å². The SMILES string of the molecule is CCCOc1ccc(C2=C(Nc3ccc(NC(C)=O)cc3)C(=O)N(C)C2=O)cc1. The fourth-order valence-corrected chi connectivity index (χ4v) is 2.95. The van der Waals surface area contributed by atoms with Crippen LogP contribution in [-0.2, 0) is 14.4 Å². The second-order valence-corrected chi connectivity index (χ2v) is 6.68. The zero-order valence-electron chi connectivity index (χ0n) is 16.6. The molecule has 3 rings (SSSR count). The minimum absolute atomic E-state index is 0.166.